The molecule has 0 aliphatic rings. The fraction of sp³-hybridized carbons (Fsp3) is 0.455. The summed E-state index contributed by atoms with van der Waals surface area (Å²) in [4.78, 5) is 12.5. The second kappa shape index (κ2) is 8.68. The number of aliphatic hydroxyl groups is 2. The van der Waals surface area contributed by atoms with Crippen molar-refractivity contribution < 1.29 is 14.9 Å². The minimum Gasteiger partial charge on any atom is -0.494 e. The lowest BCUT2D eigenvalue weighted by Gasteiger charge is -2.24. The molecule has 0 fully saturated rings. The summed E-state index contributed by atoms with van der Waals surface area (Å²) in [5.41, 5.74) is 0.722. The number of nitrogens with zero attached hydrogens (tertiary/aromatic N) is 2. The molecule has 1 rings (SSSR count). The van der Waals surface area contributed by atoms with E-state index < -0.39 is 0 Å². The summed E-state index contributed by atoms with van der Waals surface area (Å²) in [6.45, 7) is 0.484. The standard InChI is InChI=1S/C11H16N2O4.ClH/c1-17-10-4-2-3-9(11(10)12-16)13(5-7-14)6-8-15;/h2-4,14-15H,5-8H2,1H3;1H. The number of nitroso groups, excluding NO2 is 1. The normalized spacial score (nSPS) is 9.50. The molecule has 0 atom stereocenters. The first-order valence-corrected chi connectivity index (χ1v) is 5.25. The highest BCUT2D eigenvalue weighted by atomic mass is 35.5. The molecule has 0 unspecified atom stereocenters. The number of benzene rings is 1. The second-order valence-corrected chi connectivity index (χ2v) is 3.35. The molecule has 0 amide bonds. The maximum absolute atomic E-state index is 10.8. The average molecular weight is 277 g/mol. The minimum absolute atomic E-state index is 0. The van der Waals surface area contributed by atoms with Crippen LogP contribution in [-0.4, -0.2) is 43.6 Å². The Kier molecular flexibility index (Phi) is 8.02. The van der Waals surface area contributed by atoms with Gasteiger partial charge in [0.05, 0.1) is 26.0 Å². The van der Waals surface area contributed by atoms with E-state index in [-0.39, 0.29) is 31.3 Å². The van der Waals surface area contributed by atoms with E-state index in [0.717, 1.165) is 0 Å². The molecule has 0 aromatic heterocycles. The van der Waals surface area contributed by atoms with Crippen LogP contribution in [0.1, 0.15) is 0 Å². The molecule has 7 heteroatoms. The van der Waals surface area contributed by atoms with E-state index in [2.05, 4.69) is 5.18 Å². The molecule has 0 spiro atoms. The van der Waals surface area contributed by atoms with Gasteiger partial charge in [0.2, 0.25) is 0 Å². The highest BCUT2D eigenvalue weighted by Crippen LogP contribution is 2.37. The van der Waals surface area contributed by atoms with Crippen molar-refractivity contribution in [1.29, 1.82) is 0 Å². The van der Waals surface area contributed by atoms with Crippen molar-refractivity contribution in [2.45, 2.75) is 0 Å². The van der Waals surface area contributed by atoms with E-state index in [1.165, 1.54) is 7.11 Å². The van der Waals surface area contributed by atoms with Crippen LogP contribution in [0.15, 0.2) is 23.4 Å². The largest absolute Gasteiger partial charge is 0.494 e. The van der Waals surface area contributed by atoms with Crippen LogP contribution in [0.3, 0.4) is 0 Å². The molecule has 18 heavy (non-hydrogen) atoms. The Hall–Kier alpha value is -1.37. The third-order valence-electron chi connectivity index (χ3n) is 2.37. The molecule has 0 aliphatic carbocycles. The van der Waals surface area contributed by atoms with Crippen molar-refractivity contribution in [1.82, 2.24) is 0 Å². The lowest BCUT2D eigenvalue weighted by molar-refractivity contribution is 0.281. The van der Waals surface area contributed by atoms with Crippen molar-refractivity contribution in [3.8, 4) is 5.75 Å². The molecule has 0 saturated carbocycles. The summed E-state index contributed by atoms with van der Waals surface area (Å²) in [5.74, 6) is 0.373. The van der Waals surface area contributed by atoms with E-state index in [9.17, 15) is 4.91 Å². The fourth-order valence-corrected chi connectivity index (χ4v) is 1.62. The van der Waals surface area contributed by atoms with E-state index in [0.29, 0.717) is 24.5 Å². The minimum atomic E-state index is -0.0739. The van der Waals surface area contributed by atoms with Crippen LogP contribution in [0.5, 0.6) is 5.75 Å². The van der Waals surface area contributed by atoms with Gasteiger partial charge >= 0.3 is 0 Å². The van der Waals surface area contributed by atoms with Crippen molar-refractivity contribution >= 4 is 23.8 Å². The van der Waals surface area contributed by atoms with Crippen LogP contribution in [0.2, 0.25) is 0 Å². The maximum atomic E-state index is 10.8. The monoisotopic (exact) mass is 276 g/mol. The zero-order chi connectivity index (χ0) is 12.7. The SMILES string of the molecule is COc1cccc(N(CCO)CCO)c1N=O.Cl. The number of halogens is 1. The van der Waals surface area contributed by atoms with Gasteiger partial charge in [-0.2, -0.15) is 0 Å². The first-order valence-electron chi connectivity index (χ1n) is 5.25. The van der Waals surface area contributed by atoms with Crippen LogP contribution in [0, 0.1) is 4.91 Å². The van der Waals surface area contributed by atoms with Gasteiger partial charge in [-0.1, -0.05) is 6.07 Å². The van der Waals surface area contributed by atoms with E-state index in [1.807, 2.05) is 0 Å². The molecule has 6 nitrogen and oxygen atoms in total. The van der Waals surface area contributed by atoms with Gasteiger partial charge in [-0.15, -0.1) is 17.3 Å². The number of rotatable bonds is 7. The van der Waals surface area contributed by atoms with Crippen molar-refractivity contribution in [2.75, 3.05) is 38.3 Å². The Balaban J connectivity index is 0.00000289. The van der Waals surface area contributed by atoms with Gasteiger partial charge in [0.25, 0.3) is 0 Å². The summed E-state index contributed by atoms with van der Waals surface area (Å²) < 4.78 is 5.04. The topological polar surface area (TPSA) is 82.4 Å². The molecule has 102 valence electrons. The van der Waals surface area contributed by atoms with Gasteiger partial charge in [-0.25, -0.2) is 0 Å². The Bertz CT molecular complexity index is 370. The lowest BCUT2D eigenvalue weighted by Crippen LogP contribution is -2.29. The van der Waals surface area contributed by atoms with Gasteiger partial charge < -0.3 is 19.8 Å². The van der Waals surface area contributed by atoms with Gasteiger partial charge in [0.15, 0.2) is 5.69 Å². The van der Waals surface area contributed by atoms with Crippen LogP contribution < -0.4 is 9.64 Å². The highest BCUT2D eigenvalue weighted by molar-refractivity contribution is 5.85. The van der Waals surface area contributed by atoms with Crippen molar-refractivity contribution in [3.63, 3.8) is 0 Å². The Morgan fingerprint density at radius 1 is 1.28 bits per heavy atom. The van der Waals surface area contributed by atoms with E-state index in [4.69, 9.17) is 14.9 Å². The van der Waals surface area contributed by atoms with Gasteiger partial charge in [0, 0.05) is 13.1 Å². The van der Waals surface area contributed by atoms with Crippen LogP contribution in [-0.2, 0) is 0 Å². The number of methoxy groups -OCH3 is 1. The zero-order valence-corrected chi connectivity index (χ0v) is 10.9. The number of aliphatic hydroxyl groups excluding tert-OH is 2. The first kappa shape index (κ1) is 16.6. The van der Waals surface area contributed by atoms with Gasteiger partial charge in [0.1, 0.15) is 5.75 Å². The molecule has 0 bridgehead atoms. The molecule has 0 heterocycles. The van der Waals surface area contributed by atoms with Crippen LogP contribution in [0.25, 0.3) is 0 Å². The van der Waals surface area contributed by atoms with Crippen molar-refractivity contribution in [2.24, 2.45) is 5.18 Å². The highest BCUT2D eigenvalue weighted by Gasteiger charge is 2.15. The first-order chi connectivity index (χ1) is 8.28. The quantitative estimate of drug-likeness (QED) is 0.734. The third kappa shape index (κ3) is 3.83. The molecular weight excluding hydrogens is 260 g/mol. The molecule has 0 saturated heterocycles. The predicted molar refractivity (Wildman–Crippen MR) is 72.1 cm³/mol. The smallest absolute Gasteiger partial charge is 0.173 e. The Morgan fingerprint density at radius 2 is 1.89 bits per heavy atom. The molecule has 2 N–H and O–H groups in total. The predicted octanol–water partition coefficient (Wildman–Crippen LogP) is 1.31. The fourth-order valence-electron chi connectivity index (χ4n) is 1.62. The number of ether oxygens (including phenoxy) is 1. The van der Waals surface area contributed by atoms with Gasteiger partial charge in [-0.05, 0) is 17.3 Å². The second-order valence-electron chi connectivity index (χ2n) is 3.35. The van der Waals surface area contributed by atoms with Crippen LogP contribution >= 0.6 is 12.4 Å². The Morgan fingerprint density at radius 3 is 2.33 bits per heavy atom. The summed E-state index contributed by atoms with van der Waals surface area (Å²) in [6, 6.07) is 5.06. The van der Waals surface area contributed by atoms with Crippen molar-refractivity contribution in [3.05, 3.63) is 23.1 Å². The summed E-state index contributed by atoms with van der Waals surface area (Å²) in [5, 5.41) is 20.8. The molecule has 0 radical (unpaired) electrons. The average Bonchev–Trinajstić information content (AvgIpc) is 2.37. The maximum Gasteiger partial charge on any atom is 0.173 e. The molecule has 1 aromatic carbocycles. The van der Waals surface area contributed by atoms with Crippen LogP contribution in [0.4, 0.5) is 11.4 Å². The number of hydrogen-bond donors (Lipinski definition) is 2. The molecular formula is C11H17ClN2O4. The zero-order valence-electron chi connectivity index (χ0n) is 10.1. The summed E-state index contributed by atoms with van der Waals surface area (Å²) >= 11 is 0. The summed E-state index contributed by atoms with van der Waals surface area (Å²) in [7, 11) is 1.45. The van der Waals surface area contributed by atoms with E-state index in [1.54, 1.807) is 23.1 Å². The van der Waals surface area contributed by atoms with Gasteiger partial charge in [-0.3, -0.25) is 0 Å². The Labute approximate surface area is 112 Å². The molecule has 1 aromatic rings. The third-order valence-corrected chi connectivity index (χ3v) is 2.37. The molecule has 0 aliphatic heterocycles. The number of hydrogen-bond acceptors (Lipinski definition) is 6. The number of anilines is 1. The lowest BCUT2D eigenvalue weighted by atomic mass is 10.2. The van der Waals surface area contributed by atoms with E-state index >= 15 is 0 Å². The summed E-state index contributed by atoms with van der Waals surface area (Å²) in [6.07, 6.45) is 0.